The number of benzene rings is 3. The Morgan fingerprint density at radius 3 is 2.41 bits per heavy atom. The van der Waals surface area contributed by atoms with Crippen LogP contribution in [0.25, 0.3) is 10.9 Å². The van der Waals surface area contributed by atoms with Crippen LogP contribution in [0.1, 0.15) is 10.4 Å². The predicted octanol–water partition coefficient (Wildman–Crippen LogP) is 3.60. The fraction of sp³-hybridized carbons (Fsp3) is 0.0357. The topological polar surface area (TPSA) is 97.0 Å². The molecule has 37 heavy (non-hydrogen) atoms. The van der Waals surface area contributed by atoms with E-state index in [9.17, 15) is 4.79 Å². The second-order valence-electron chi connectivity index (χ2n) is 8.25. The molecule has 5 rings (SSSR count). The lowest BCUT2D eigenvalue weighted by atomic mass is 10.1. The molecule has 0 saturated carbocycles. The average Bonchev–Trinajstić information content (AvgIpc) is 2.87. The number of rotatable bonds is 6. The van der Waals surface area contributed by atoms with Crippen LogP contribution >= 0.6 is 12.4 Å². The molecule has 0 aliphatic carbocycles. The summed E-state index contributed by atoms with van der Waals surface area (Å²) in [6, 6.07) is 26.5. The Morgan fingerprint density at radius 1 is 0.919 bits per heavy atom. The number of aromatic nitrogens is 2. The fourth-order valence-electron chi connectivity index (χ4n) is 3.76. The largest absolute Gasteiger partial charge is 1.00 e. The van der Waals surface area contributed by atoms with Crippen LogP contribution in [0.3, 0.4) is 0 Å². The lowest BCUT2D eigenvalue weighted by Crippen LogP contribution is -3.00. The molecule has 3 aromatic carbocycles. The number of nitrogens with one attached hydrogen (secondary N) is 3. The second-order valence-corrected chi connectivity index (χ2v) is 8.25. The number of carbonyl (C=O) groups excluding carboxylic acids is 1. The van der Waals surface area contributed by atoms with Gasteiger partial charge in [-0.3, -0.25) is 19.7 Å². The molecule has 0 aliphatic rings. The van der Waals surface area contributed by atoms with E-state index in [1.807, 2.05) is 103 Å². The van der Waals surface area contributed by atoms with Crippen molar-refractivity contribution < 1.29 is 17.2 Å². The summed E-state index contributed by atoms with van der Waals surface area (Å²) in [6.45, 7) is 0. The van der Waals surface area contributed by atoms with E-state index in [-0.39, 0.29) is 30.7 Å². The maximum atomic E-state index is 12.8. The molecule has 0 saturated heterocycles. The molecule has 1 amide bonds. The van der Waals surface area contributed by atoms with Crippen LogP contribution in [0.15, 0.2) is 104 Å². The van der Waals surface area contributed by atoms with Gasteiger partial charge in [-0.1, -0.05) is 0 Å². The van der Waals surface area contributed by atoms with E-state index in [0.717, 1.165) is 33.7 Å². The quantitative estimate of drug-likeness (QED) is 0.198. The monoisotopic (exact) mass is 532 g/mol. The number of nitrogens with zero attached hydrogens (tertiary/aromatic N) is 2. The van der Waals surface area contributed by atoms with Crippen molar-refractivity contribution in [2.75, 3.05) is 21.7 Å². The van der Waals surface area contributed by atoms with Gasteiger partial charge in [0.05, 0.1) is 35.6 Å². The minimum atomic E-state index is -0.175. The van der Waals surface area contributed by atoms with E-state index >= 15 is 0 Å². The van der Waals surface area contributed by atoms with E-state index in [1.165, 1.54) is 0 Å². The lowest BCUT2D eigenvalue weighted by molar-refractivity contribution is -0.0000147. The van der Waals surface area contributed by atoms with Gasteiger partial charge in [-0.15, -0.1) is 12.4 Å². The van der Waals surface area contributed by atoms with Crippen LogP contribution in [-0.4, -0.2) is 15.5 Å². The highest BCUT2D eigenvalue weighted by Gasteiger charge is 2.10. The Morgan fingerprint density at radius 2 is 1.65 bits per heavy atom. The van der Waals surface area contributed by atoms with Crippen molar-refractivity contribution in [3.8, 4) is 0 Å². The van der Waals surface area contributed by atoms with Crippen molar-refractivity contribution in [1.29, 1.82) is 0 Å². The molecule has 2 aromatic heterocycles. The molecule has 0 atom stereocenters. The first-order valence-corrected chi connectivity index (χ1v) is 11.2. The highest BCUT2D eigenvalue weighted by Crippen LogP contribution is 2.27. The Balaban J connectivity index is 0.00000190. The zero-order chi connectivity index (χ0) is 24.2. The minimum Gasteiger partial charge on any atom is -1.00 e. The summed E-state index contributed by atoms with van der Waals surface area (Å²) in [6.07, 6.45) is 5.67. The molecular weight excluding hydrogens is 507 g/mol. The standard InChI is InChI=1S/C28H24N6O.2ClH/c1-34-15-12-23(13-16-34)31-24-4-2-3-19(17-24)28(35)33-22-8-6-21(7-9-22)32-26-11-14-30-27-18-20(29)5-10-25(26)27;;/h2-18,31H,1H3,(H3-,29,30,32,33,35);2*1H. The number of hydrogen-bond acceptors (Lipinski definition) is 5. The van der Waals surface area contributed by atoms with Crippen molar-refractivity contribution in [2.24, 2.45) is 7.05 Å². The first kappa shape index (κ1) is 27.3. The van der Waals surface area contributed by atoms with Crippen molar-refractivity contribution in [3.05, 3.63) is 109 Å². The van der Waals surface area contributed by atoms with Crippen LogP contribution in [-0.2, 0) is 7.05 Å². The van der Waals surface area contributed by atoms with Crippen LogP contribution < -0.4 is 34.1 Å². The van der Waals surface area contributed by atoms with Crippen LogP contribution in [0.4, 0.5) is 34.1 Å². The fourth-order valence-corrected chi connectivity index (χ4v) is 3.76. The smallest absolute Gasteiger partial charge is 0.256 e. The Bertz CT molecular complexity index is 1510. The first-order valence-electron chi connectivity index (χ1n) is 11.2. The number of carbonyl (C=O) groups is 1. The predicted molar refractivity (Wildman–Crippen MR) is 151 cm³/mol. The normalized spacial score (nSPS) is 10.1. The molecule has 5 aromatic rings. The maximum Gasteiger partial charge on any atom is 0.256 e. The van der Waals surface area contributed by atoms with Crippen LogP contribution in [0, 0.1) is 0 Å². The average molecular weight is 533 g/mol. The molecule has 0 unspecified atom stereocenters. The number of hydrogen-bond donors (Lipinski definition) is 4. The molecule has 0 spiro atoms. The van der Waals surface area contributed by atoms with Gasteiger partial charge in [0.1, 0.15) is 11.4 Å². The summed E-state index contributed by atoms with van der Waals surface area (Å²) in [7, 11) is 1.97. The third-order valence-corrected chi connectivity index (χ3v) is 5.58. The highest BCUT2D eigenvalue weighted by molar-refractivity contribution is 6.05. The Kier molecular flexibility index (Phi) is 8.90. The van der Waals surface area contributed by atoms with Gasteiger partial charge in [0.25, 0.3) is 5.91 Å². The SMILES string of the molecule is Cl.Cn1cc[c+](Nc2cccc(C(=O)Nc3ccc(Nc4ccnc5cc(N)ccc45)cc3)c2)cc1.[Cl-]. The van der Waals surface area contributed by atoms with Gasteiger partial charge >= 0.3 is 0 Å². The van der Waals surface area contributed by atoms with Crippen molar-refractivity contribution in [2.45, 2.75) is 0 Å². The minimum absolute atomic E-state index is 0. The highest BCUT2D eigenvalue weighted by atomic mass is 35.5. The third kappa shape index (κ3) is 6.67. The molecule has 2 heterocycles. The van der Waals surface area contributed by atoms with Crippen molar-refractivity contribution >= 4 is 63.3 Å². The summed E-state index contributed by atoms with van der Waals surface area (Å²) < 4.78 is 1.96. The summed E-state index contributed by atoms with van der Waals surface area (Å²) in [4.78, 5) is 17.2. The van der Waals surface area contributed by atoms with Crippen molar-refractivity contribution in [1.82, 2.24) is 9.55 Å². The number of aryl methyl sites for hydroxylation is 1. The molecule has 0 bridgehead atoms. The van der Waals surface area contributed by atoms with Gasteiger partial charge < -0.3 is 28.8 Å². The molecule has 188 valence electrons. The maximum absolute atomic E-state index is 12.8. The summed E-state index contributed by atoms with van der Waals surface area (Å²) in [5, 5.41) is 10.7. The summed E-state index contributed by atoms with van der Waals surface area (Å²) >= 11 is 0. The second kappa shape index (κ2) is 12.1. The van der Waals surface area contributed by atoms with E-state index in [4.69, 9.17) is 5.73 Å². The first-order chi connectivity index (χ1) is 17.0. The van der Waals surface area contributed by atoms with Crippen LogP contribution in [0.2, 0.25) is 0 Å². The number of anilines is 6. The van der Waals surface area contributed by atoms with E-state index in [0.29, 0.717) is 16.9 Å². The number of fused-ring (bicyclic) bond motifs is 1. The van der Waals surface area contributed by atoms with Gasteiger partial charge in [0, 0.05) is 53.5 Å². The Labute approximate surface area is 227 Å². The number of amides is 1. The lowest BCUT2D eigenvalue weighted by Gasteiger charge is -2.11. The molecule has 0 fully saturated rings. The molecule has 7 nitrogen and oxygen atoms in total. The molecule has 5 N–H and O–H groups in total. The number of nitrogens with two attached hydrogens (primary N) is 1. The summed E-state index contributed by atoms with van der Waals surface area (Å²) in [5.41, 5.74) is 12.3. The van der Waals surface area contributed by atoms with E-state index < -0.39 is 0 Å². The van der Waals surface area contributed by atoms with E-state index in [1.54, 1.807) is 12.3 Å². The van der Waals surface area contributed by atoms with E-state index in [2.05, 4.69) is 20.9 Å². The van der Waals surface area contributed by atoms with Gasteiger partial charge in [0.15, 0.2) is 0 Å². The third-order valence-electron chi connectivity index (χ3n) is 5.58. The van der Waals surface area contributed by atoms with Crippen molar-refractivity contribution in [3.63, 3.8) is 0 Å². The molecular formula is C28H26Cl2N6O. The van der Waals surface area contributed by atoms with Gasteiger partial charge in [0.2, 0.25) is 0 Å². The zero-order valence-corrected chi connectivity index (χ0v) is 21.6. The number of halogens is 2. The van der Waals surface area contributed by atoms with Crippen LogP contribution in [0.5, 0.6) is 0 Å². The summed E-state index contributed by atoms with van der Waals surface area (Å²) in [5.74, 6) is -0.175. The molecule has 0 radical (unpaired) electrons. The Hall–Kier alpha value is -4.33. The zero-order valence-electron chi connectivity index (χ0n) is 20.0. The van der Waals surface area contributed by atoms with Gasteiger partial charge in [-0.25, -0.2) is 0 Å². The molecule has 9 heteroatoms. The number of pyridine rings is 2. The number of nitrogen functional groups attached to an aromatic ring is 1. The molecule has 0 aliphatic heterocycles. The van der Waals surface area contributed by atoms with Gasteiger partial charge in [-0.2, -0.15) is 0 Å². The van der Waals surface area contributed by atoms with Gasteiger partial charge in [-0.05, 0) is 60.7 Å².